The molecule has 2 bridgehead atoms. The van der Waals surface area contributed by atoms with Crippen molar-refractivity contribution in [3.05, 3.63) is 29.8 Å². The molecule has 3 rings (SSSR count). The molecule has 4 atom stereocenters. The predicted molar refractivity (Wildman–Crippen MR) is 73.5 cm³/mol. The van der Waals surface area contributed by atoms with Gasteiger partial charge in [-0.2, -0.15) is 0 Å². The van der Waals surface area contributed by atoms with E-state index in [1.807, 2.05) is 19.1 Å². The van der Waals surface area contributed by atoms with Crippen LogP contribution in [0.15, 0.2) is 24.3 Å². The summed E-state index contributed by atoms with van der Waals surface area (Å²) in [5.74, 6) is 3.71. The van der Waals surface area contributed by atoms with Gasteiger partial charge in [0.05, 0.1) is 6.61 Å². The summed E-state index contributed by atoms with van der Waals surface area (Å²) in [6.45, 7) is 2.90. The minimum atomic E-state index is 0.0797. The van der Waals surface area contributed by atoms with Gasteiger partial charge in [0.15, 0.2) is 0 Å². The molecule has 2 aliphatic rings. The van der Waals surface area contributed by atoms with E-state index in [2.05, 4.69) is 12.1 Å². The highest BCUT2D eigenvalue weighted by Crippen LogP contribution is 2.48. The number of nitrogens with two attached hydrogens (primary N) is 1. The molecule has 2 saturated carbocycles. The Bertz CT molecular complexity index is 415. The summed E-state index contributed by atoms with van der Waals surface area (Å²) in [5, 5.41) is 0. The third kappa shape index (κ3) is 2.39. The van der Waals surface area contributed by atoms with Crippen LogP contribution in [0.4, 0.5) is 0 Å². The first kappa shape index (κ1) is 12.0. The molecule has 0 heterocycles. The summed E-state index contributed by atoms with van der Waals surface area (Å²) in [6, 6.07) is 8.30. The van der Waals surface area contributed by atoms with Crippen molar-refractivity contribution in [3.8, 4) is 5.75 Å². The van der Waals surface area contributed by atoms with Crippen molar-refractivity contribution in [2.24, 2.45) is 23.5 Å². The van der Waals surface area contributed by atoms with Gasteiger partial charge in [-0.15, -0.1) is 0 Å². The fraction of sp³-hybridized carbons (Fsp3) is 0.625. The molecular formula is C16H23NO. The first-order valence-electron chi connectivity index (χ1n) is 7.20. The van der Waals surface area contributed by atoms with Gasteiger partial charge in [0.1, 0.15) is 5.75 Å². The van der Waals surface area contributed by atoms with Gasteiger partial charge >= 0.3 is 0 Å². The van der Waals surface area contributed by atoms with E-state index >= 15 is 0 Å². The third-order valence-corrected chi connectivity index (χ3v) is 4.73. The van der Waals surface area contributed by atoms with Crippen LogP contribution in [0.25, 0.3) is 0 Å². The van der Waals surface area contributed by atoms with E-state index in [1.165, 1.54) is 25.7 Å². The van der Waals surface area contributed by atoms with E-state index in [1.54, 1.807) is 0 Å². The molecule has 0 saturated heterocycles. The van der Waals surface area contributed by atoms with Crippen molar-refractivity contribution >= 4 is 0 Å². The standard InChI is InChI=1S/C16H23NO/c1-11(17)13-3-2-4-16(9-13)18-10-15-8-12-5-6-14(15)7-12/h2-4,9,11-12,14-15H,5-8,10,17H2,1H3/t11-,12?,14?,15?/m0/s1. The van der Waals surface area contributed by atoms with E-state index in [4.69, 9.17) is 10.5 Å². The Morgan fingerprint density at radius 2 is 2.22 bits per heavy atom. The average Bonchev–Trinajstić information content (AvgIpc) is 2.99. The lowest BCUT2D eigenvalue weighted by Gasteiger charge is -2.22. The average molecular weight is 245 g/mol. The van der Waals surface area contributed by atoms with Gasteiger partial charge in [-0.25, -0.2) is 0 Å². The highest BCUT2D eigenvalue weighted by molar-refractivity contribution is 5.30. The summed E-state index contributed by atoms with van der Waals surface area (Å²) < 4.78 is 5.98. The Morgan fingerprint density at radius 1 is 1.33 bits per heavy atom. The number of rotatable bonds is 4. The summed E-state index contributed by atoms with van der Waals surface area (Å²) in [7, 11) is 0. The van der Waals surface area contributed by atoms with Crippen LogP contribution in [0.1, 0.15) is 44.2 Å². The molecule has 98 valence electrons. The van der Waals surface area contributed by atoms with Crippen molar-refractivity contribution in [2.45, 2.75) is 38.6 Å². The summed E-state index contributed by atoms with van der Waals surface area (Å²) >= 11 is 0. The van der Waals surface area contributed by atoms with E-state index in [0.717, 1.165) is 35.7 Å². The zero-order valence-corrected chi connectivity index (χ0v) is 11.1. The summed E-state index contributed by atoms with van der Waals surface area (Å²) in [4.78, 5) is 0. The monoisotopic (exact) mass is 245 g/mol. The molecule has 0 aromatic heterocycles. The fourth-order valence-corrected chi connectivity index (χ4v) is 3.67. The Hall–Kier alpha value is -1.02. The Labute approximate surface area is 110 Å². The number of benzene rings is 1. The van der Waals surface area contributed by atoms with Crippen LogP contribution >= 0.6 is 0 Å². The Kier molecular flexibility index (Phi) is 3.29. The molecule has 2 aliphatic carbocycles. The van der Waals surface area contributed by atoms with E-state index < -0.39 is 0 Å². The molecule has 2 nitrogen and oxygen atoms in total. The zero-order chi connectivity index (χ0) is 12.5. The molecule has 0 radical (unpaired) electrons. The molecule has 18 heavy (non-hydrogen) atoms. The number of ether oxygens (including phenoxy) is 1. The highest BCUT2D eigenvalue weighted by Gasteiger charge is 2.39. The second-order valence-corrected chi connectivity index (χ2v) is 6.11. The molecule has 2 heteroatoms. The van der Waals surface area contributed by atoms with Gasteiger partial charge in [0.2, 0.25) is 0 Å². The van der Waals surface area contributed by atoms with Crippen LogP contribution in [0.3, 0.4) is 0 Å². The van der Waals surface area contributed by atoms with Gasteiger partial charge in [0.25, 0.3) is 0 Å². The maximum absolute atomic E-state index is 5.98. The van der Waals surface area contributed by atoms with Crippen molar-refractivity contribution < 1.29 is 4.74 Å². The second-order valence-electron chi connectivity index (χ2n) is 6.11. The topological polar surface area (TPSA) is 35.2 Å². The first-order valence-corrected chi connectivity index (χ1v) is 7.20. The van der Waals surface area contributed by atoms with Crippen molar-refractivity contribution in [2.75, 3.05) is 6.61 Å². The SMILES string of the molecule is C[C@H](N)c1cccc(OCC2CC3CCC2C3)c1. The fourth-order valence-electron chi connectivity index (χ4n) is 3.67. The van der Waals surface area contributed by atoms with Gasteiger partial charge in [0, 0.05) is 6.04 Å². The zero-order valence-electron chi connectivity index (χ0n) is 11.1. The van der Waals surface area contributed by atoms with Gasteiger partial charge < -0.3 is 10.5 Å². The normalized spacial score (nSPS) is 31.6. The quantitative estimate of drug-likeness (QED) is 0.881. The smallest absolute Gasteiger partial charge is 0.119 e. The van der Waals surface area contributed by atoms with Crippen LogP contribution in [0.2, 0.25) is 0 Å². The van der Waals surface area contributed by atoms with E-state index in [0.29, 0.717) is 0 Å². The van der Waals surface area contributed by atoms with Crippen molar-refractivity contribution in [3.63, 3.8) is 0 Å². The maximum Gasteiger partial charge on any atom is 0.119 e. The van der Waals surface area contributed by atoms with Gasteiger partial charge in [-0.05, 0) is 61.6 Å². The lowest BCUT2D eigenvalue weighted by Crippen LogP contribution is -2.18. The summed E-state index contributed by atoms with van der Waals surface area (Å²) in [5.41, 5.74) is 7.05. The lowest BCUT2D eigenvalue weighted by molar-refractivity contribution is 0.195. The van der Waals surface area contributed by atoms with E-state index in [-0.39, 0.29) is 6.04 Å². The molecule has 1 aromatic rings. The molecule has 0 amide bonds. The van der Waals surface area contributed by atoms with Crippen LogP contribution in [-0.4, -0.2) is 6.61 Å². The molecule has 0 aliphatic heterocycles. The molecule has 2 fully saturated rings. The van der Waals surface area contributed by atoms with Crippen molar-refractivity contribution in [1.29, 1.82) is 0 Å². The number of fused-ring (bicyclic) bond motifs is 2. The van der Waals surface area contributed by atoms with Crippen LogP contribution in [0, 0.1) is 17.8 Å². The first-order chi connectivity index (χ1) is 8.72. The third-order valence-electron chi connectivity index (χ3n) is 4.73. The van der Waals surface area contributed by atoms with Crippen LogP contribution < -0.4 is 10.5 Å². The largest absolute Gasteiger partial charge is 0.493 e. The Morgan fingerprint density at radius 3 is 2.89 bits per heavy atom. The van der Waals surface area contributed by atoms with Crippen LogP contribution in [0.5, 0.6) is 5.75 Å². The minimum Gasteiger partial charge on any atom is -0.493 e. The molecule has 0 spiro atoms. The predicted octanol–water partition coefficient (Wildman–Crippen LogP) is 3.52. The molecular weight excluding hydrogens is 222 g/mol. The second kappa shape index (κ2) is 4.93. The lowest BCUT2D eigenvalue weighted by atomic mass is 9.89. The maximum atomic E-state index is 5.98. The highest BCUT2D eigenvalue weighted by atomic mass is 16.5. The van der Waals surface area contributed by atoms with E-state index in [9.17, 15) is 0 Å². The number of hydrogen-bond acceptors (Lipinski definition) is 2. The number of hydrogen-bond donors (Lipinski definition) is 1. The van der Waals surface area contributed by atoms with Gasteiger partial charge in [-0.1, -0.05) is 18.6 Å². The van der Waals surface area contributed by atoms with Gasteiger partial charge in [-0.3, -0.25) is 0 Å². The van der Waals surface area contributed by atoms with Crippen molar-refractivity contribution in [1.82, 2.24) is 0 Å². The minimum absolute atomic E-state index is 0.0797. The molecule has 1 aromatic carbocycles. The molecule has 3 unspecified atom stereocenters. The Balaban J connectivity index is 1.58. The molecule has 2 N–H and O–H groups in total. The summed E-state index contributed by atoms with van der Waals surface area (Å²) in [6.07, 6.45) is 5.73. The van der Waals surface area contributed by atoms with Crippen LogP contribution in [-0.2, 0) is 0 Å².